The van der Waals surface area contributed by atoms with Gasteiger partial charge in [0.2, 0.25) is 11.9 Å². The Balaban J connectivity index is 1.56. The molecule has 180 valence electrons. The zero-order valence-electron chi connectivity index (χ0n) is 20.0. The summed E-state index contributed by atoms with van der Waals surface area (Å²) in [5.74, 6) is 0.275. The minimum absolute atomic E-state index is 0.0823. The SMILES string of the molecule is C=CC(=O)N(C)CCC[C@H](CC)n1c(NC(=O)c2ccc(-c3ccncc3)s2)nc2ccccc21. The van der Waals surface area contributed by atoms with Crippen molar-refractivity contribution in [2.45, 2.75) is 32.2 Å². The molecule has 1 N–H and O–H groups in total. The van der Waals surface area contributed by atoms with E-state index in [0.717, 1.165) is 40.7 Å². The van der Waals surface area contributed by atoms with Gasteiger partial charge in [-0.2, -0.15) is 0 Å². The standard InChI is InChI=1S/C27H29N5O2S/c1-4-20(9-8-18-31(3)25(33)5-2)32-22-11-7-6-10-21(22)29-27(32)30-26(34)24-13-12-23(35-24)19-14-16-28-17-15-19/h5-7,10-17,20H,2,4,8-9,18H2,1,3H3,(H,29,30,34)/t20-/m0/s1. The van der Waals surface area contributed by atoms with Crippen LogP contribution >= 0.6 is 11.3 Å². The number of pyridine rings is 1. The molecule has 0 saturated carbocycles. The van der Waals surface area contributed by atoms with Crippen LogP contribution in [0, 0.1) is 0 Å². The third kappa shape index (κ3) is 5.49. The van der Waals surface area contributed by atoms with Crippen LogP contribution in [-0.2, 0) is 4.79 Å². The first-order valence-corrected chi connectivity index (χ1v) is 12.5. The van der Waals surface area contributed by atoms with E-state index in [1.54, 1.807) is 24.3 Å². The number of rotatable bonds is 10. The number of nitrogens with one attached hydrogen (secondary N) is 1. The van der Waals surface area contributed by atoms with E-state index in [9.17, 15) is 9.59 Å². The highest BCUT2D eigenvalue weighted by atomic mass is 32.1. The highest BCUT2D eigenvalue weighted by Crippen LogP contribution is 2.31. The van der Waals surface area contributed by atoms with Crippen LogP contribution in [0.15, 0.2) is 73.6 Å². The molecule has 0 radical (unpaired) electrons. The number of anilines is 1. The van der Waals surface area contributed by atoms with E-state index in [1.807, 2.05) is 48.5 Å². The van der Waals surface area contributed by atoms with Crippen LogP contribution in [-0.4, -0.2) is 44.8 Å². The van der Waals surface area contributed by atoms with Crippen molar-refractivity contribution in [1.82, 2.24) is 19.4 Å². The Labute approximate surface area is 209 Å². The Morgan fingerprint density at radius 2 is 1.94 bits per heavy atom. The molecule has 8 heteroatoms. The lowest BCUT2D eigenvalue weighted by Gasteiger charge is -2.22. The Morgan fingerprint density at radius 1 is 1.17 bits per heavy atom. The third-order valence-corrected chi connectivity index (χ3v) is 7.17. The second-order valence-electron chi connectivity index (χ2n) is 8.32. The summed E-state index contributed by atoms with van der Waals surface area (Å²) in [5.41, 5.74) is 2.85. The van der Waals surface area contributed by atoms with Crippen molar-refractivity contribution in [2.75, 3.05) is 18.9 Å². The molecule has 1 aromatic carbocycles. The van der Waals surface area contributed by atoms with E-state index in [4.69, 9.17) is 4.98 Å². The minimum atomic E-state index is -0.182. The number of carbonyl (C=O) groups excluding carboxylic acids is 2. The molecular formula is C27H29N5O2S. The molecule has 3 aromatic heterocycles. The molecule has 0 saturated heterocycles. The number of carbonyl (C=O) groups is 2. The molecule has 0 fully saturated rings. The summed E-state index contributed by atoms with van der Waals surface area (Å²) in [4.78, 5) is 37.1. The highest BCUT2D eigenvalue weighted by Gasteiger charge is 2.21. The highest BCUT2D eigenvalue weighted by molar-refractivity contribution is 7.17. The fraction of sp³-hybridized carbons (Fsp3) is 0.259. The van der Waals surface area contributed by atoms with E-state index >= 15 is 0 Å². The Morgan fingerprint density at radius 3 is 2.69 bits per heavy atom. The lowest BCUT2D eigenvalue weighted by molar-refractivity contribution is -0.124. The quantitative estimate of drug-likeness (QED) is 0.287. The first-order chi connectivity index (χ1) is 17.0. The number of hydrogen-bond donors (Lipinski definition) is 1. The molecule has 3 heterocycles. The number of amides is 2. The zero-order valence-corrected chi connectivity index (χ0v) is 20.8. The number of hydrogen-bond acceptors (Lipinski definition) is 5. The van der Waals surface area contributed by atoms with Gasteiger partial charge in [-0.1, -0.05) is 25.6 Å². The van der Waals surface area contributed by atoms with Crippen LogP contribution in [0.5, 0.6) is 0 Å². The monoisotopic (exact) mass is 487 g/mol. The van der Waals surface area contributed by atoms with Crippen molar-refractivity contribution in [3.8, 4) is 10.4 Å². The largest absolute Gasteiger partial charge is 0.342 e. The van der Waals surface area contributed by atoms with Crippen LogP contribution in [0.2, 0.25) is 0 Å². The average molecular weight is 488 g/mol. The van der Waals surface area contributed by atoms with Gasteiger partial charge < -0.3 is 9.47 Å². The number of benzene rings is 1. The van der Waals surface area contributed by atoms with E-state index < -0.39 is 0 Å². The maximum Gasteiger partial charge on any atom is 0.268 e. The Bertz CT molecular complexity index is 1330. The average Bonchev–Trinajstić information content (AvgIpc) is 3.52. The summed E-state index contributed by atoms with van der Waals surface area (Å²) in [6.07, 6.45) is 7.36. The van der Waals surface area contributed by atoms with Crippen LogP contribution in [0.25, 0.3) is 21.5 Å². The molecular weight excluding hydrogens is 458 g/mol. The van der Waals surface area contributed by atoms with Crippen molar-refractivity contribution >= 4 is 40.1 Å². The predicted molar refractivity (Wildman–Crippen MR) is 142 cm³/mol. The molecule has 4 rings (SSSR count). The molecule has 1 atom stereocenters. The smallest absolute Gasteiger partial charge is 0.268 e. The lowest BCUT2D eigenvalue weighted by atomic mass is 10.1. The van der Waals surface area contributed by atoms with Gasteiger partial charge in [-0.05, 0) is 67.3 Å². The van der Waals surface area contributed by atoms with Crippen LogP contribution in [0.1, 0.15) is 41.9 Å². The fourth-order valence-electron chi connectivity index (χ4n) is 4.14. The molecule has 35 heavy (non-hydrogen) atoms. The van der Waals surface area contributed by atoms with Crippen LogP contribution in [0.3, 0.4) is 0 Å². The van der Waals surface area contributed by atoms with Crippen molar-refractivity contribution in [3.05, 3.63) is 78.5 Å². The van der Waals surface area contributed by atoms with Gasteiger partial charge >= 0.3 is 0 Å². The van der Waals surface area contributed by atoms with E-state index in [2.05, 4.69) is 28.4 Å². The molecule has 0 aliphatic heterocycles. The number of nitrogens with zero attached hydrogens (tertiary/aromatic N) is 4. The molecule has 0 spiro atoms. The van der Waals surface area contributed by atoms with Gasteiger partial charge in [-0.15, -0.1) is 11.3 Å². The van der Waals surface area contributed by atoms with Gasteiger partial charge in [0.25, 0.3) is 5.91 Å². The first-order valence-electron chi connectivity index (χ1n) is 11.7. The number of imidazole rings is 1. The maximum absolute atomic E-state index is 13.2. The second-order valence-corrected chi connectivity index (χ2v) is 9.40. The van der Waals surface area contributed by atoms with Gasteiger partial charge in [0.1, 0.15) is 0 Å². The van der Waals surface area contributed by atoms with Crippen molar-refractivity contribution in [3.63, 3.8) is 0 Å². The number of likely N-dealkylation sites (N-methyl/N-ethyl adjacent to an activating group) is 1. The number of thiophene rings is 1. The van der Waals surface area contributed by atoms with Gasteiger partial charge in [0.15, 0.2) is 0 Å². The molecule has 7 nitrogen and oxygen atoms in total. The molecule has 0 aliphatic rings. The second kappa shape index (κ2) is 11.1. The summed E-state index contributed by atoms with van der Waals surface area (Å²) < 4.78 is 2.12. The van der Waals surface area contributed by atoms with Gasteiger partial charge in [-0.3, -0.25) is 19.9 Å². The summed E-state index contributed by atoms with van der Waals surface area (Å²) in [6, 6.07) is 15.7. The molecule has 0 bridgehead atoms. The summed E-state index contributed by atoms with van der Waals surface area (Å²) in [5, 5.41) is 3.06. The Hall–Kier alpha value is -3.78. The predicted octanol–water partition coefficient (Wildman–Crippen LogP) is 5.79. The topological polar surface area (TPSA) is 80.1 Å². The number of para-hydroxylation sites is 2. The van der Waals surface area contributed by atoms with Crippen molar-refractivity contribution in [1.29, 1.82) is 0 Å². The molecule has 2 amide bonds. The van der Waals surface area contributed by atoms with Crippen LogP contribution < -0.4 is 5.32 Å². The fourth-order valence-corrected chi connectivity index (χ4v) is 5.05. The number of aromatic nitrogens is 3. The van der Waals surface area contributed by atoms with Crippen molar-refractivity contribution in [2.24, 2.45) is 0 Å². The minimum Gasteiger partial charge on any atom is -0.342 e. The molecule has 0 aliphatic carbocycles. The van der Waals surface area contributed by atoms with Crippen molar-refractivity contribution < 1.29 is 9.59 Å². The summed E-state index contributed by atoms with van der Waals surface area (Å²) >= 11 is 1.44. The van der Waals surface area contributed by atoms with E-state index in [0.29, 0.717) is 17.4 Å². The van der Waals surface area contributed by atoms with Crippen LogP contribution in [0.4, 0.5) is 5.95 Å². The Kier molecular flexibility index (Phi) is 7.72. The zero-order chi connectivity index (χ0) is 24.8. The van der Waals surface area contributed by atoms with E-state index in [1.165, 1.54) is 17.4 Å². The lowest BCUT2D eigenvalue weighted by Crippen LogP contribution is -2.26. The molecule has 4 aromatic rings. The number of fused-ring (bicyclic) bond motifs is 1. The van der Waals surface area contributed by atoms with E-state index in [-0.39, 0.29) is 17.9 Å². The van der Waals surface area contributed by atoms with Gasteiger partial charge in [-0.25, -0.2) is 4.98 Å². The third-order valence-electron chi connectivity index (χ3n) is 6.03. The van der Waals surface area contributed by atoms with Gasteiger partial charge in [0, 0.05) is 36.9 Å². The summed E-state index contributed by atoms with van der Waals surface area (Å²) in [6.45, 7) is 6.32. The summed E-state index contributed by atoms with van der Waals surface area (Å²) in [7, 11) is 1.78. The maximum atomic E-state index is 13.2. The van der Waals surface area contributed by atoms with Gasteiger partial charge in [0.05, 0.1) is 15.9 Å². The normalized spacial score (nSPS) is 11.8. The first kappa shape index (κ1) is 24.3. The molecule has 0 unspecified atom stereocenters.